The predicted molar refractivity (Wildman–Crippen MR) is 91.0 cm³/mol. The van der Waals surface area contributed by atoms with E-state index < -0.39 is 0 Å². The molecule has 0 radical (unpaired) electrons. The molecule has 0 atom stereocenters. The van der Waals surface area contributed by atoms with Gasteiger partial charge >= 0.3 is 0 Å². The average Bonchev–Trinajstić information content (AvgIpc) is 2.53. The molecule has 1 aromatic carbocycles. The number of carbonyl (C=O) groups is 1. The van der Waals surface area contributed by atoms with Gasteiger partial charge in [-0.1, -0.05) is 18.2 Å². The van der Waals surface area contributed by atoms with Gasteiger partial charge in [0.1, 0.15) is 5.69 Å². The van der Waals surface area contributed by atoms with Gasteiger partial charge in [0.05, 0.1) is 0 Å². The Bertz CT molecular complexity index is 721. The van der Waals surface area contributed by atoms with Gasteiger partial charge in [-0.15, -0.1) is 0 Å². The Morgan fingerprint density at radius 1 is 1.22 bits per heavy atom. The lowest BCUT2D eigenvalue weighted by atomic mass is 10.0. The summed E-state index contributed by atoms with van der Waals surface area (Å²) in [5.41, 5.74) is 2.53. The van der Waals surface area contributed by atoms with Crippen LogP contribution >= 0.6 is 0 Å². The van der Waals surface area contributed by atoms with Crippen molar-refractivity contribution < 1.29 is 4.79 Å². The largest absolute Gasteiger partial charge is 0.346 e. The molecule has 0 fully saturated rings. The lowest BCUT2D eigenvalue weighted by molar-refractivity contribution is 0.0914. The first-order valence-electron chi connectivity index (χ1n) is 7.95. The molecule has 0 aliphatic carbocycles. The van der Waals surface area contributed by atoms with Crippen LogP contribution in [0.3, 0.4) is 0 Å². The molecule has 0 unspecified atom stereocenters. The van der Waals surface area contributed by atoms with Gasteiger partial charge in [0.15, 0.2) is 0 Å². The maximum absolute atomic E-state index is 12.3. The second-order valence-corrected chi connectivity index (χ2v) is 6.83. The van der Waals surface area contributed by atoms with Crippen molar-refractivity contribution in [2.45, 2.75) is 39.2 Å². The Hall–Kier alpha value is -2.43. The highest BCUT2D eigenvalue weighted by molar-refractivity contribution is 5.93. The van der Waals surface area contributed by atoms with Crippen molar-refractivity contribution in [1.29, 1.82) is 0 Å². The molecule has 23 heavy (non-hydrogen) atoms. The summed E-state index contributed by atoms with van der Waals surface area (Å²) in [5.74, 6) is 0.408. The minimum Gasteiger partial charge on any atom is -0.346 e. The van der Waals surface area contributed by atoms with E-state index >= 15 is 0 Å². The fourth-order valence-corrected chi connectivity index (χ4v) is 2.75. The van der Waals surface area contributed by atoms with E-state index in [9.17, 15) is 4.79 Å². The van der Waals surface area contributed by atoms with E-state index in [2.05, 4.69) is 38.4 Å². The van der Waals surface area contributed by atoms with E-state index in [1.807, 2.05) is 26.8 Å². The molecule has 1 aliphatic rings. The number of nitrogens with one attached hydrogen (secondary N) is 1. The van der Waals surface area contributed by atoms with Gasteiger partial charge in [0.25, 0.3) is 5.91 Å². The molecule has 1 N–H and O–H groups in total. The zero-order chi connectivity index (χ0) is 16.4. The highest BCUT2D eigenvalue weighted by Gasteiger charge is 2.22. The second-order valence-electron chi connectivity index (χ2n) is 6.83. The molecule has 2 heterocycles. The Morgan fingerprint density at radius 2 is 2.00 bits per heavy atom. The van der Waals surface area contributed by atoms with E-state index in [0.29, 0.717) is 11.6 Å². The number of anilines is 2. The van der Waals surface area contributed by atoms with E-state index in [0.717, 1.165) is 25.1 Å². The molecule has 0 saturated heterocycles. The molecule has 5 heteroatoms. The van der Waals surface area contributed by atoms with Gasteiger partial charge in [0, 0.05) is 24.0 Å². The predicted octanol–water partition coefficient (Wildman–Crippen LogP) is 3.09. The number of rotatable bonds is 2. The first-order chi connectivity index (χ1) is 10.9. The number of hydrogen-bond donors (Lipinski definition) is 1. The van der Waals surface area contributed by atoms with Gasteiger partial charge in [-0.3, -0.25) is 4.79 Å². The third kappa shape index (κ3) is 3.50. The first kappa shape index (κ1) is 15.5. The normalized spacial score (nSPS) is 14.3. The lowest BCUT2D eigenvalue weighted by Crippen LogP contribution is -2.41. The fraction of sp³-hybridized carbons (Fsp3) is 0.389. The third-order valence-electron chi connectivity index (χ3n) is 3.72. The number of para-hydroxylation sites is 1. The molecule has 0 spiro atoms. The van der Waals surface area contributed by atoms with Crippen LogP contribution in [0.1, 0.15) is 43.2 Å². The number of hydrogen-bond acceptors (Lipinski definition) is 4. The summed E-state index contributed by atoms with van der Waals surface area (Å²) in [6.45, 7) is 6.72. The summed E-state index contributed by atoms with van der Waals surface area (Å²) in [6.07, 6.45) is 3.77. The molecule has 1 amide bonds. The molecule has 2 aromatic rings. The number of aromatic nitrogens is 2. The van der Waals surface area contributed by atoms with Crippen molar-refractivity contribution >= 4 is 17.5 Å². The van der Waals surface area contributed by atoms with Crippen molar-refractivity contribution in [3.05, 3.63) is 47.8 Å². The van der Waals surface area contributed by atoms with Crippen LogP contribution in [0.4, 0.5) is 11.6 Å². The number of aryl methyl sites for hydroxylation is 1. The summed E-state index contributed by atoms with van der Waals surface area (Å²) in [5, 5.41) is 2.94. The minimum absolute atomic E-state index is 0.175. The summed E-state index contributed by atoms with van der Waals surface area (Å²) in [6, 6.07) is 9.95. The molecular formula is C18H22N4O. The topological polar surface area (TPSA) is 58.1 Å². The minimum atomic E-state index is -0.292. The molecule has 5 nitrogen and oxygen atoms in total. The van der Waals surface area contributed by atoms with Crippen LogP contribution in [-0.4, -0.2) is 28.0 Å². The van der Waals surface area contributed by atoms with Crippen molar-refractivity contribution in [2.24, 2.45) is 0 Å². The smallest absolute Gasteiger partial charge is 0.270 e. The zero-order valence-electron chi connectivity index (χ0n) is 13.8. The van der Waals surface area contributed by atoms with Gasteiger partial charge in [-0.2, -0.15) is 0 Å². The Kier molecular flexibility index (Phi) is 4.03. The number of fused-ring (bicyclic) bond motifs is 1. The van der Waals surface area contributed by atoms with Crippen LogP contribution in [0.25, 0.3) is 0 Å². The number of nitrogens with zero attached hydrogens (tertiary/aromatic N) is 3. The van der Waals surface area contributed by atoms with Crippen LogP contribution in [0.2, 0.25) is 0 Å². The molecule has 0 bridgehead atoms. The van der Waals surface area contributed by atoms with Crippen molar-refractivity contribution in [3.63, 3.8) is 0 Å². The SMILES string of the molecule is CC(C)(C)NC(=O)c1ccnc(N2CCCc3ccccc32)n1. The van der Waals surface area contributed by atoms with Crippen molar-refractivity contribution in [2.75, 3.05) is 11.4 Å². The van der Waals surface area contributed by atoms with Gasteiger partial charge < -0.3 is 10.2 Å². The molecule has 1 aliphatic heterocycles. The Balaban J connectivity index is 1.91. The maximum Gasteiger partial charge on any atom is 0.270 e. The summed E-state index contributed by atoms with van der Waals surface area (Å²) >= 11 is 0. The lowest BCUT2D eigenvalue weighted by Gasteiger charge is -2.29. The number of amides is 1. The molecule has 3 rings (SSSR count). The van der Waals surface area contributed by atoms with E-state index in [1.165, 1.54) is 5.56 Å². The fourth-order valence-electron chi connectivity index (χ4n) is 2.75. The maximum atomic E-state index is 12.3. The van der Waals surface area contributed by atoms with Crippen LogP contribution in [-0.2, 0) is 6.42 Å². The highest BCUT2D eigenvalue weighted by atomic mass is 16.2. The van der Waals surface area contributed by atoms with Crippen LogP contribution < -0.4 is 10.2 Å². The van der Waals surface area contributed by atoms with Gasteiger partial charge in [-0.05, 0) is 51.3 Å². The van der Waals surface area contributed by atoms with Gasteiger partial charge in [-0.25, -0.2) is 9.97 Å². The summed E-state index contributed by atoms with van der Waals surface area (Å²) in [7, 11) is 0. The third-order valence-corrected chi connectivity index (χ3v) is 3.72. The van der Waals surface area contributed by atoms with E-state index in [1.54, 1.807) is 12.3 Å². The Morgan fingerprint density at radius 3 is 2.78 bits per heavy atom. The molecule has 120 valence electrons. The van der Waals surface area contributed by atoms with Crippen LogP contribution in [0, 0.1) is 0 Å². The molecule has 0 saturated carbocycles. The summed E-state index contributed by atoms with van der Waals surface area (Å²) in [4.78, 5) is 23.3. The molecule has 1 aromatic heterocycles. The Labute approximate surface area is 136 Å². The second kappa shape index (κ2) is 5.99. The quantitative estimate of drug-likeness (QED) is 0.926. The van der Waals surface area contributed by atoms with Crippen molar-refractivity contribution in [1.82, 2.24) is 15.3 Å². The zero-order valence-corrected chi connectivity index (χ0v) is 13.8. The summed E-state index contributed by atoms with van der Waals surface area (Å²) < 4.78 is 0. The number of carbonyl (C=O) groups excluding carboxylic acids is 1. The highest BCUT2D eigenvalue weighted by Crippen LogP contribution is 2.31. The first-order valence-corrected chi connectivity index (χ1v) is 7.95. The van der Waals surface area contributed by atoms with E-state index in [-0.39, 0.29) is 11.4 Å². The van der Waals surface area contributed by atoms with Gasteiger partial charge in [0.2, 0.25) is 5.95 Å². The van der Waals surface area contributed by atoms with E-state index in [4.69, 9.17) is 0 Å². The number of benzene rings is 1. The monoisotopic (exact) mass is 310 g/mol. The standard InChI is InChI=1S/C18H22N4O/c1-18(2,3)21-16(23)14-10-11-19-17(20-14)22-12-6-8-13-7-4-5-9-15(13)22/h4-5,7,9-11H,6,8,12H2,1-3H3,(H,21,23). The van der Waals surface area contributed by atoms with Crippen LogP contribution in [0.15, 0.2) is 36.5 Å². The molecular weight excluding hydrogens is 288 g/mol. The van der Waals surface area contributed by atoms with Crippen molar-refractivity contribution in [3.8, 4) is 0 Å². The average molecular weight is 310 g/mol. The van der Waals surface area contributed by atoms with Crippen LogP contribution in [0.5, 0.6) is 0 Å².